The van der Waals surface area contributed by atoms with E-state index in [1.165, 1.54) is 12.1 Å². The predicted octanol–water partition coefficient (Wildman–Crippen LogP) is 2.59. The van der Waals surface area contributed by atoms with Crippen LogP contribution in [0.4, 0.5) is 8.78 Å². The number of rotatable bonds is 2. The molecule has 0 heterocycles. The van der Waals surface area contributed by atoms with E-state index in [9.17, 15) is 8.78 Å². The van der Waals surface area contributed by atoms with E-state index >= 15 is 0 Å². The van der Waals surface area contributed by atoms with Crippen LogP contribution in [-0.2, 0) is 5.41 Å². The fourth-order valence-corrected chi connectivity index (χ4v) is 2.49. The average molecular weight is 211 g/mol. The Morgan fingerprint density at radius 3 is 2.60 bits per heavy atom. The Hall–Kier alpha value is -0.960. The van der Waals surface area contributed by atoms with Gasteiger partial charge in [-0.1, -0.05) is 13.0 Å². The maximum absolute atomic E-state index is 13.6. The maximum atomic E-state index is 13.6. The quantitative estimate of drug-likeness (QED) is 0.799. The highest BCUT2D eigenvalue weighted by atomic mass is 19.1. The third-order valence-corrected chi connectivity index (χ3v) is 3.80. The Bertz CT molecular complexity index is 374. The summed E-state index contributed by atoms with van der Waals surface area (Å²) in [5.41, 5.74) is 6.05. The zero-order valence-electron chi connectivity index (χ0n) is 8.76. The summed E-state index contributed by atoms with van der Waals surface area (Å²) in [6.07, 6.45) is 1.96. The first kappa shape index (κ1) is 10.6. The molecule has 15 heavy (non-hydrogen) atoms. The fraction of sp³-hybridized carbons (Fsp3) is 0.500. The van der Waals surface area contributed by atoms with Gasteiger partial charge < -0.3 is 5.73 Å². The molecule has 3 heteroatoms. The topological polar surface area (TPSA) is 26.0 Å². The lowest BCUT2D eigenvalue weighted by Gasteiger charge is -2.48. The summed E-state index contributed by atoms with van der Waals surface area (Å²) in [6.45, 7) is 2.50. The van der Waals surface area contributed by atoms with Gasteiger partial charge in [0.25, 0.3) is 0 Å². The highest BCUT2D eigenvalue weighted by Crippen LogP contribution is 2.48. The van der Waals surface area contributed by atoms with Gasteiger partial charge in [-0.05, 0) is 30.4 Å². The zero-order valence-corrected chi connectivity index (χ0v) is 8.76. The normalized spacial score (nSPS) is 30.0. The highest BCUT2D eigenvalue weighted by Gasteiger charge is 2.45. The van der Waals surface area contributed by atoms with Crippen molar-refractivity contribution in [2.75, 3.05) is 6.54 Å². The van der Waals surface area contributed by atoms with Crippen molar-refractivity contribution in [3.05, 3.63) is 35.4 Å². The van der Waals surface area contributed by atoms with Crippen LogP contribution < -0.4 is 5.73 Å². The molecule has 1 saturated carbocycles. The van der Waals surface area contributed by atoms with Crippen molar-refractivity contribution in [2.45, 2.75) is 25.2 Å². The summed E-state index contributed by atoms with van der Waals surface area (Å²) in [5.74, 6) is -0.621. The van der Waals surface area contributed by atoms with Crippen LogP contribution >= 0.6 is 0 Å². The molecule has 0 bridgehead atoms. The summed E-state index contributed by atoms with van der Waals surface area (Å²) in [5, 5.41) is 0. The summed E-state index contributed by atoms with van der Waals surface area (Å²) in [6, 6.07) is 3.78. The average Bonchev–Trinajstić information content (AvgIpc) is 2.20. The molecule has 0 aliphatic heterocycles. The number of halogens is 2. The zero-order chi connectivity index (χ0) is 11.1. The summed E-state index contributed by atoms with van der Waals surface area (Å²) >= 11 is 0. The van der Waals surface area contributed by atoms with Gasteiger partial charge in [0.1, 0.15) is 11.6 Å². The molecule has 2 atom stereocenters. The molecule has 0 spiro atoms. The summed E-state index contributed by atoms with van der Waals surface area (Å²) in [7, 11) is 0. The number of hydrogen-bond donors (Lipinski definition) is 1. The predicted molar refractivity (Wildman–Crippen MR) is 55.5 cm³/mol. The van der Waals surface area contributed by atoms with Crippen LogP contribution in [0.25, 0.3) is 0 Å². The molecular formula is C12H15F2N. The monoisotopic (exact) mass is 211 g/mol. The fourth-order valence-electron chi connectivity index (χ4n) is 2.49. The van der Waals surface area contributed by atoms with Gasteiger partial charge in [-0.3, -0.25) is 0 Å². The minimum atomic E-state index is -0.532. The van der Waals surface area contributed by atoms with Gasteiger partial charge in [0.15, 0.2) is 0 Å². The number of nitrogens with two attached hydrogens (primary N) is 1. The van der Waals surface area contributed by atoms with Gasteiger partial charge >= 0.3 is 0 Å². The maximum Gasteiger partial charge on any atom is 0.129 e. The molecule has 2 rings (SSSR count). The Kier molecular flexibility index (Phi) is 2.51. The van der Waals surface area contributed by atoms with E-state index in [0.717, 1.165) is 18.9 Å². The van der Waals surface area contributed by atoms with Crippen molar-refractivity contribution in [1.29, 1.82) is 0 Å². The van der Waals surface area contributed by atoms with Crippen molar-refractivity contribution >= 4 is 0 Å². The molecule has 1 aromatic carbocycles. The van der Waals surface area contributed by atoms with Gasteiger partial charge in [-0.25, -0.2) is 8.78 Å². The first-order valence-corrected chi connectivity index (χ1v) is 5.26. The Labute approximate surface area is 88.3 Å². The Balaban J connectivity index is 2.44. The van der Waals surface area contributed by atoms with Gasteiger partial charge in [0, 0.05) is 18.0 Å². The third-order valence-electron chi connectivity index (χ3n) is 3.80. The lowest BCUT2D eigenvalue weighted by Crippen LogP contribution is -2.49. The molecule has 0 saturated heterocycles. The smallest absolute Gasteiger partial charge is 0.129 e. The minimum Gasteiger partial charge on any atom is -0.330 e. The second kappa shape index (κ2) is 3.56. The molecule has 2 N–H and O–H groups in total. The van der Waals surface area contributed by atoms with E-state index in [4.69, 9.17) is 5.73 Å². The molecule has 2 unspecified atom stereocenters. The molecule has 0 amide bonds. The number of hydrogen-bond acceptors (Lipinski definition) is 1. The Morgan fingerprint density at radius 2 is 2.20 bits per heavy atom. The second-order valence-electron chi connectivity index (χ2n) is 4.42. The molecular weight excluding hydrogens is 196 g/mol. The van der Waals surface area contributed by atoms with Gasteiger partial charge in [0.2, 0.25) is 0 Å². The van der Waals surface area contributed by atoms with E-state index < -0.39 is 11.6 Å². The molecule has 0 radical (unpaired) electrons. The second-order valence-corrected chi connectivity index (χ2v) is 4.42. The van der Waals surface area contributed by atoms with Gasteiger partial charge in [-0.15, -0.1) is 0 Å². The van der Waals surface area contributed by atoms with Crippen LogP contribution in [0, 0.1) is 17.6 Å². The lowest BCUT2D eigenvalue weighted by molar-refractivity contribution is 0.141. The van der Waals surface area contributed by atoms with E-state index in [2.05, 4.69) is 6.92 Å². The molecule has 1 aromatic rings. The molecule has 82 valence electrons. The molecule has 1 aliphatic rings. The van der Waals surface area contributed by atoms with Crippen molar-refractivity contribution in [3.63, 3.8) is 0 Å². The van der Waals surface area contributed by atoms with Crippen LogP contribution in [0.1, 0.15) is 25.3 Å². The van der Waals surface area contributed by atoms with E-state index in [1.54, 1.807) is 0 Å². The first-order valence-electron chi connectivity index (χ1n) is 5.26. The SMILES string of the molecule is CC1CCC1(CN)c1ccc(F)cc1F. The largest absolute Gasteiger partial charge is 0.330 e. The minimum absolute atomic E-state index is 0.266. The van der Waals surface area contributed by atoms with Crippen molar-refractivity contribution in [1.82, 2.24) is 0 Å². The third kappa shape index (κ3) is 1.46. The molecule has 0 aromatic heterocycles. The van der Waals surface area contributed by atoms with Crippen LogP contribution in [0.15, 0.2) is 18.2 Å². The molecule has 1 aliphatic carbocycles. The summed E-state index contributed by atoms with van der Waals surface area (Å²) in [4.78, 5) is 0. The van der Waals surface area contributed by atoms with Crippen LogP contribution in [-0.4, -0.2) is 6.54 Å². The standard InChI is InChI=1S/C12H15F2N/c1-8-4-5-12(8,7-15)10-3-2-9(13)6-11(10)14/h2-3,6,8H,4-5,7,15H2,1H3. The summed E-state index contributed by atoms with van der Waals surface area (Å²) < 4.78 is 26.4. The van der Waals surface area contributed by atoms with Crippen LogP contribution in [0.3, 0.4) is 0 Å². The van der Waals surface area contributed by atoms with Crippen molar-refractivity contribution in [2.24, 2.45) is 11.7 Å². The highest BCUT2D eigenvalue weighted by molar-refractivity contribution is 5.31. The first-order chi connectivity index (χ1) is 7.10. The molecule has 1 nitrogen and oxygen atoms in total. The van der Waals surface area contributed by atoms with Crippen LogP contribution in [0.5, 0.6) is 0 Å². The van der Waals surface area contributed by atoms with E-state index in [1.807, 2.05) is 0 Å². The number of benzene rings is 1. The Morgan fingerprint density at radius 1 is 1.47 bits per heavy atom. The van der Waals surface area contributed by atoms with E-state index in [0.29, 0.717) is 18.0 Å². The van der Waals surface area contributed by atoms with Crippen LogP contribution in [0.2, 0.25) is 0 Å². The van der Waals surface area contributed by atoms with Crippen molar-refractivity contribution in [3.8, 4) is 0 Å². The molecule has 1 fully saturated rings. The van der Waals surface area contributed by atoms with Crippen molar-refractivity contribution < 1.29 is 8.78 Å². The van der Waals surface area contributed by atoms with E-state index in [-0.39, 0.29) is 5.41 Å². The lowest BCUT2D eigenvalue weighted by atomic mass is 9.57. The van der Waals surface area contributed by atoms with Gasteiger partial charge in [-0.2, -0.15) is 0 Å². The van der Waals surface area contributed by atoms with Gasteiger partial charge in [0.05, 0.1) is 0 Å².